The van der Waals surface area contributed by atoms with Crippen molar-refractivity contribution in [3.05, 3.63) is 71.8 Å². The van der Waals surface area contributed by atoms with Crippen molar-refractivity contribution in [3.8, 4) is 0 Å². The number of nitrogens with zero attached hydrogens (tertiary/aromatic N) is 1. The fourth-order valence-electron chi connectivity index (χ4n) is 4.36. The Morgan fingerprint density at radius 3 is 2.50 bits per heavy atom. The largest absolute Gasteiger partial charge is 0.382 e. The zero-order chi connectivity index (χ0) is 23.8. The second-order valence-corrected chi connectivity index (χ2v) is 8.60. The summed E-state index contributed by atoms with van der Waals surface area (Å²) in [6.45, 7) is 5.68. The number of benzene rings is 3. The van der Waals surface area contributed by atoms with Crippen molar-refractivity contribution in [2.24, 2.45) is 0 Å². The Labute approximate surface area is 201 Å². The molecule has 0 spiro atoms. The Kier molecular flexibility index (Phi) is 8.15. The molecule has 2 N–H and O–H groups in total. The van der Waals surface area contributed by atoms with E-state index < -0.39 is 0 Å². The van der Waals surface area contributed by atoms with Gasteiger partial charge in [-0.3, -0.25) is 9.59 Å². The first-order chi connectivity index (χ1) is 16.7. The summed E-state index contributed by atoms with van der Waals surface area (Å²) in [6, 6.07) is 19.3. The molecule has 3 aromatic rings. The van der Waals surface area contributed by atoms with E-state index in [4.69, 9.17) is 4.74 Å². The molecule has 1 aliphatic rings. The number of ether oxygens (including phenoxy) is 1. The molecular formula is C28H33N3O3. The lowest BCUT2D eigenvalue weighted by Gasteiger charge is -2.30. The molecule has 1 fully saturated rings. The molecule has 6 heteroatoms. The average Bonchev–Trinajstić information content (AvgIpc) is 2.88. The highest BCUT2D eigenvalue weighted by molar-refractivity contribution is 6.08. The van der Waals surface area contributed by atoms with Crippen molar-refractivity contribution < 1.29 is 14.3 Å². The molecule has 4 rings (SSSR count). The first kappa shape index (κ1) is 23.8. The number of hydrogen-bond donors (Lipinski definition) is 2. The Balaban J connectivity index is 1.52. The molecule has 1 saturated heterocycles. The molecule has 34 heavy (non-hydrogen) atoms. The van der Waals surface area contributed by atoms with Crippen LogP contribution in [0.25, 0.3) is 10.8 Å². The molecular weight excluding hydrogens is 426 g/mol. The molecule has 178 valence electrons. The minimum atomic E-state index is -0.195. The first-order valence-electron chi connectivity index (χ1n) is 12.2. The second-order valence-electron chi connectivity index (χ2n) is 8.60. The lowest BCUT2D eigenvalue weighted by atomic mass is 10.0. The molecule has 0 unspecified atom stereocenters. The molecule has 0 aromatic heterocycles. The number of amides is 2. The topological polar surface area (TPSA) is 70.7 Å². The normalized spacial score (nSPS) is 13.6. The Bertz CT molecular complexity index is 1140. The van der Waals surface area contributed by atoms with Gasteiger partial charge in [0.15, 0.2) is 0 Å². The number of carbonyl (C=O) groups is 2. The third kappa shape index (κ3) is 5.94. The number of anilines is 2. The number of carbonyl (C=O) groups excluding carboxylic acids is 2. The Hall–Kier alpha value is -3.38. The summed E-state index contributed by atoms with van der Waals surface area (Å²) in [4.78, 5) is 28.3. The minimum absolute atomic E-state index is 0.126. The Morgan fingerprint density at radius 2 is 1.71 bits per heavy atom. The van der Waals surface area contributed by atoms with Crippen LogP contribution in [-0.2, 0) is 4.74 Å². The maximum atomic E-state index is 13.1. The number of fused-ring (bicyclic) bond motifs is 1. The van der Waals surface area contributed by atoms with Crippen LogP contribution in [0, 0.1) is 0 Å². The lowest BCUT2D eigenvalue weighted by Crippen LogP contribution is -2.33. The van der Waals surface area contributed by atoms with Gasteiger partial charge in [-0.05, 0) is 73.7 Å². The van der Waals surface area contributed by atoms with Crippen LogP contribution >= 0.6 is 0 Å². The number of piperidine rings is 1. The van der Waals surface area contributed by atoms with Gasteiger partial charge in [0.1, 0.15) is 0 Å². The zero-order valence-electron chi connectivity index (χ0n) is 19.8. The fraction of sp³-hybridized carbons (Fsp3) is 0.357. The van der Waals surface area contributed by atoms with E-state index in [2.05, 4.69) is 15.5 Å². The summed E-state index contributed by atoms with van der Waals surface area (Å²) in [5.74, 6) is -0.321. The molecule has 3 aromatic carbocycles. The SMILES string of the molecule is CCOCCCNC(=O)c1cc(NC(=O)c2ccc3ccccc3c2)ccc1N1CCCCC1. The summed E-state index contributed by atoms with van der Waals surface area (Å²) in [5.41, 5.74) is 2.71. The van der Waals surface area contributed by atoms with Crippen molar-refractivity contribution in [3.63, 3.8) is 0 Å². The van der Waals surface area contributed by atoms with E-state index in [1.54, 1.807) is 6.07 Å². The van der Waals surface area contributed by atoms with Gasteiger partial charge < -0.3 is 20.3 Å². The zero-order valence-corrected chi connectivity index (χ0v) is 19.8. The summed E-state index contributed by atoms with van der Waals surface area (Å²) in [5, 5.41) is 8.09. The van der Waals surface area contributed by atoms with Crippen molar-refractivity contribution >= 4 is 34.0 Å². The molecule has 0 bridgehead atoms. The summed E-state index contributed by atoms with van der Waals surface area (Å²) in [6.07, 6.45) is 4.22. The molecule has 0 saturated carbocycles. The van der Waals surface area contributed by atoms with E-state index in [0.717, 1.165) is 48.8 Å². The molecule has 0 atom stereocenters. The number of hydrogen-bond acceptors (Lipinski definition) is 4. The van der Waals surface area contributed by atoms with E-state index in [1.165, 1.54) is 6.42 Å². The summed E-state index contributed by atoms with van der Waals surface area (Å²) >= 11 is 0. The van der Waals surface area contributed by atoms with E-state index in [1.807, 2.05) is 61.5 Å². The summed E-state index contributed by atoms with van der Waals surface area (Å²) in [7, 11) is 0. The monoisotopic (exact) mass is 459 g/mol. The third-order valence-electron chi connectivity index (χ3n) is 6.16. The van der Waals surface area contributed by atoms with Gasteiger partial charge in [0, 0.05) is 49.8 Å². The van der Waals surface area contributed by atoms with Crippen LogP contribution in [-0.4, -0.2) is 44.7 Å². The second kappa shape index (κ2) is 11.7. The van der Waals surface area contributed by atoms with Gasteiger partial charge in [-0.15, -0.1) is 0 Å². The van der Waals surface area contributed by atoms with Gasteiger partial charge in [-0.2, -0.15) is 0 Å². The van der Waals surface area contributed by atoms with E-state index in [9.17, 15) is 9.59 Å². The van der Waals surface area contributed by atoms with E-state index in [-0.39, 0.29) is 11.8 Å². The van der Waals surface area contributed by atoms with Crippen molar-refractivity contribution in [2.75, 3.05) is 43.1 Å². The molecule has 0 aliphatic carbocycles. The highest BCUT2D eigenvalue weighted by atomic mass is 16.5. The van der Waals surface area contributed by atoms with Crippen LogP contribution in [0.3, 0.4) is 0 Å². The van der Waals surface area contributed by atoms with E-state index >= 15 is 0 Å². The van der Waals surface area contributed by atoms with Crippen molar-refractivity contribution in [1.29, 1.82) is 0 Å². The van der Waals surface area contributed by atoms with Crippen LogP contribution in [0.5, 0.6) is 0 Å². The van der Waals surface area contributed by atoms with Crippen LogP contribution in [0.15, 0.2) is 60.7 Å². The van der Waals surface area contributed by atoms with Crippen LogP contribution < -0.4 is 15.5 Å². The third-order valence-corrected chi connectivity index (χ3v) is 6.16. The van der Waals surface area contributed by atoms with Gasteiger partial charge in [0.05, 0.1) is 5.56 Å². The highest BCUT2D eigenvalue weighted by Gasteiger charge is 2.20. The predicted octanol–water partition coefficient (Wildman–Crippen LogP) is 5.24. The molecule has 1 aliphatic heterocycles. The summed E-state index contributed by atoms with van der Waals surface area (Å²) < 4.78 is 5.36. The maximum absolute atomic E-state index is 13.1. The minimum Gasteiger partial charge on any atom is -0.382 e. The number of rotatable bonds is 9. The van der Waals surface area contributed by atoms with Gasteiger partial charge in [-0.1, -0.05) is 30.3 Å². The van der Waals surface area contributed by atoms with Gasteiger partial charge in [-0.25, -0.2) is 0 Å². The molecule has 0 radical (unpaired) electrons. The molecule has 6 nitrogen and oxygen atoms in total. The Morgan fingerprint density at radius 1 is 0.912 bits per heavy atom. The van der Waals surface area contributed by atoms with Gasteiger partial charge >= 0.3 is 0 Å². The van der Waals surface area contributed by atoms with Crippen LogP contribution in [0.2, 0.25) is 0 Å². The first-order valence-corrected chi connectivity index (χ1v) is 12.2. The van der Waals surface area contributed by atoms with Gasteiger partial charge in [0.2, 0.25) is 0 Å². The van der Waals surface area contributed by atoms with Crippen molar-refractivity contribution in [2.45, 2.75) is 32.6 Å². The predicted molar refractivity (Wildman–Crippen MR) is 138 cm³/mol. The molecule has 2 amide bonds. The van der Waals surface area contributed by atoms with E-state index in [0.29, 0.717) is 36.6 Å². The highest BCUT2D eigenvalue weighted by Crippen LogP contribution is 2.28. The lowest BCUT2D eigenvalue weighted by molar-refractivity contribution is 0.0943. The van der Waals surface area contributed by atoms with Crippen LogP contribution in [0.4, 0.5) is 11.4 Å². The smallest absolute Gasteiger partial charge is 0.255 e. The number of nitrogens with one attached hydrogen (secondary N) is 2. The molecule has 1 heterocycles. The average molecular weight is 460 g/mol. The maximum Gasteiger partial charge on any atom is 0.255 e. The quantitative estimate of drug-likeness (QED) is 0.430. The van der Waals surface area contributed by atoms with Gasteiger partial charge in [0.25, 0.3) is 11.8 Å². The van der Waals surface area contributed by atoms with Crippen LogP contribution in [0.1, 0.15) is 53.3 Å². The fourth-order valence-corrected chi connectivity index (χ4v) is 4.36. The van der Waals surface area contributed by atoms with Crippen molar-refractivity contribution in [1.82, 2.24) is 5.32 Å². The standard InChI is InChI=1S/C28H33N3O3/c1-2-34-18-8-15-29-28(33)25-20-24(13-14-26(25)31-16-6-3-7-17-31)30-27(32)23-12-11-21-9-4-5-10-22(21)19-23/h4-5,9-14,19-20H,2-3,6-8,15-18H2,1H3,(H,29,33)(H,30,32).